The molecule has 0 fully saturated rings. The lowest BCUT2D eigenvalue weighted by Gasteiger charge is -2.20. The van der Waals surface area contributed by atoms with Crippen molar-refractivity contribution in [1.82, 2.24) is 9.88 Å². The van der Waals surface area contributed by atoms with Crippen molar-refractivity contribution in [3.05, 3.63) is 65.7 Å². The van der Waals surface area contributed by atoms with Crippen LogP contribution in [0.4, 0.5) is 4.39 Å². The zero-order valence-electron chi connectivity index (χ0n) is 12.3. The van der Waals surface area contributed by atoms with E-state index in [1.54, 1.807) is 24.5 Å². The van der Waals surface area contributed by atoms with Crippen molar-refractivity contribution in [2.75, 3.05) is 13.6 Å². The van der Waals surface area contributed by atoms with Crippen LogP contribution in [0.15, 0.2) is 48.8 Å². The van der Waals surface area contributed by atoms with E-state index < -0.39 is 5.82 Å². The number of benzene rings is 1. The number of Topliss-reactive ketones (excluding diaryl/α,β-unsaturated/α-hetero) is 1. The third kappa shape index (κ3) is 4.20. The first-order chi connectivity index (χ1) is 10.1. The Labute approximate surface area is 124 Å². The summed E-state index contributed by atoms with van der Waals surface area (Å²) in [4.78, 5) is 18.3. The van der Waals surface area contributed by atoms with E-state index >= 15 is 0 Å². The van der Waals surface area contributed by atoms with Gasteiger partial charge in [-0.15, -0.1) is 0 Å². The Bertz CT molecular complexity index is 601. The Balaban J connectivity index is 1.96. The van der Waals surface area contributed by atoms with E-state index in [2.05, 4.69) is 9.88 Å². The summed E-state index contributed by atoms with van der Waals surface area (Å²) in [6.07, 6.45) is 3.49. The van der Waals surface area contributed by atoms with Crippen LogP contribution in [0.3, 0.4) is 0 Å². The van der Waals surface area contributed by atoms with E-state index in [0.29, 0.717) is 6.54 Å². The molecule has 0 saturated heterocycles. The van der Waals surface area contributed by atoms with Gasteiger partial charge in [-0.3, -0.25) is 9.78 Å². The molecule has 1 unspecified atom stereocenters. The minimum Gasteiger partial charge on any atom is -0.301 e. The number of carbonyl (C=O) groups excluding carboxylic acids is 1. The number of nitrogens with zero attached hydrogens (tertiary/aromatic N) is 2. The largest absolute Gasteiger partial charge is 0.301 e. The second kappa shape index (κ2) is 7.09. The highest BCUT2D eigenvalue weighted by atomic mass is 19.1. The molecule has 0 aliphatic carbocycles. The van der Waals surface area contributed by atoms with Gasteiger partial charge in [0.1, 0.15) is 5.82 Å². The van der Waals surface area contributed by atoms with Crippen LogP contribution >= 0.6 is 0 Å². The third-order valence-corrected chi connectivity index (χ3v) is 3.37. The molecule has 2 rings (SSSR count). The zero-order valence-corrected chi connectivity index (χ0v) is 12.3. The van der Waals surface area contributed by atoms with Crippen LogP contribution < -0.4 is 0 Å². The Morgan fingerprint density at radius 3 is 2.57 bits per heavy atom. The third-order valence-electron chi connectivity index (χ3n) is 3.37. The van der Waals surface area contributed by atoms with Crippen LogP contribution in [-0.2, 0) is 6.54 Å². The number of ketones is 1. The van der Waals surface area contributed by atoms with Crippen LogP contribution in [0, 0.1) is 11.7 Å². The van der Waals surface area contributed by atoms with Crippen LogP contribution in [0.2, 0.25) is 0 Å². The molecular weight excluding hydrogens is 267 g/mol. The Kier molecular flexibility index (Phi) is 5.17. The molecule has 0 amide bonds. The molecule has 3 nitrogen and oxygen atoms in total. The average molecular weight is 286 g/mol. The summed E-state index contributed by atoms with van der Waals surface area (Å²) in [5.41, 5.74) is 1.31. The molecule has 4 heteroatoms. The number of carbonyl (C=O) groups is 1. The van der Waals surface area contributed by atoms with Gasteiger partial charge in [0.25, 0.3) is 0 Å². The van der Waals surface area contributed by atoms with Gasteiger partial charge in [0, 0.05) is 31.4 Å². The molecule has 1 heterocycles. The molecule has 2 aromatic rings. The van der Waals surface area contributed by atoms with E-state index in [1.165, 1.54) is 12.1 Å². The minimum absolute atomic E-state index is 0.158. The van der Waals surface area contributed by atoms with Crippen molar-refractivity contribution in [1.29, 1.82) is 0 Å². The molecule has 0 saturated carbocycles. The zero-order chi connectivity index (χ0) is 15.2. The fourth-order valence-corrected chi connectivity index (χ4v) is 2.34. The van der Waals surface area contributed by atoms with Crippen molar-refractivity contribution in [3.8, 4) is 0 Å². The summed E-state index contributed by atoms with van der Waals surface area (Å²) in [5.74, 6) is -0.866. The van der Waals surface area contributed by atoms with Crippen molar-refractivity contribution in [2.45, 2.75) is 13.5 Å². The number of aromatic nitrogens is 1. The lowest BCUT2D eigenvalue weighted by Crippen LogP contribution is -2.28. The van der Waals surface area contributed by atoms with Gasteiger partial charge < -0.3 is 4.90 Å². The normalized spacial score (nSPS) is 12.4. The first-order valence-corrected chi connectivity index (χ1v) is 6.94. The summed E-state index contributed by atoms with van der Waals surface area (Å²) in [5, 5.41) is 0. The quantitative estimate of drug-likeness (QED) is 0.765. The molecule has 0 N–H and O–H groups in total. The Morgan fingerprint density at radius 2 is 1.90 bits per heavy atom. The minimum atomic E-state index is -0.453. The van der Waals surface area contributed by atoms with Crippen molar-refractivity contribution < 1.29 is 9.18 Å². The molecule has 1 aromatic carbocycles. The SMILES string of the molecule is CC(CN(C)Cc1ccncc1)C(=O)c1ccccc1F. The van der Waals surface area contributed by atoms with E-state index in [9.17, 15) is 9.18 Å². The summed E-state index contributed by atoms with van der Waals surface area (Å²) in [6, 6.07) is 10.0. The Hall–Kier alpha value is -2.07. The molecule has 0 aliphatic heterocycles. The first kappa shape index (κ1) is 15.3. The first-order valence-electron chi connectivity index (χ1n) is 6.94. The fraction of sp³-hybridized carbons (Fsp3) is 0.294. The lowest BCUT2D eigenvalue weighted by molar-refractivity contribution is 0.0897. The predicted molar refractivity (Wildman–Crippen MR) is 80.5 cm³/mol. The van der Waals surface area contributed by atoms with Gasteiger partial charge in [-0.1, -0.05) is 19.1 Å². The van der Waals surface area contributed by atoms with Gasteiger partial charge in [-0.05, 0) is 36.9 Å². The molecule has 1 atom stereocenters. The number of pyridine rings is 1. The smallest absolute Gasteiger partial charge is 0.169 e. The molecule has 0 bridgehead atoms. The fourth-order valence-electron chi connectivity index (χ4n) is 2.34. The molecule has 0 radical (unpaired) electrons. The number of hydrogen-bond acceptors (Lipinski definition) is 3. The van der Waals surface area contributed by atoms with Gasteiger partial charge in [-0.2, -0.15) is 0 Å². The Morgan fingerprint density at radius 1 is 1.24 bits per heavy atom. The van der Waals surface area contributed by atoms with Gasteiger partial charge in [0.05, 0.1) is 5.56 Å². The summed E-state index contributed by atoms with van der Waals surface area (Å²) in [6.45, 7) is 3.14. The number of halogens is 1. The molecular formula is C17H19FN2O. The van der Waals surface area contributed by atoms with Crippen LogP contribution in [0.5, 0.6) is 0 Å². The van der Waals surface area contributed by atoms with E-state index in [4.69, 9.17) is 0 Å². The monoisotopic (exact) mass is 286 g/mol. The van der Waals surface area contributed by atoms with E-state index in [-0.39, 0.29) is 17.3 Å². The van der Waals surface area contributed by atoms with Crippen molar-refractivity contribution >= 4 is 5.78 Å². The topological polar surface area (TPSA) is 33.2 Å². The predicted octanol–water partition coefficient (Wildman–Crippen LogP) is 3.17. The van der Waals surface area contributed by atoms with E-state index in [0.717, 1.165) is 12.1 Å². The number of rotatable bonds is 6. The lowest BCUT2D eigenvalue weighted by atomic mass is 9.98. The second-order valence-corrected chi connectivity index (χ2v) is 5.30. The highest BCUT2D eigenvalue weighted by molar-refractivity contribution is 5.98. The summed E-state index contributed by atoms with van der Waals surface area (Å²) < 4.78 is 13.6. The highest BCUT2D eigenvalue weighted by Gasteiger charge is 2.19. The van der Waals surface area contributed by atoms with Gasteiger partial charge in [0.15, 0.2) is 5.78 Å². The number of hydrogen-bond donors (Lipinski definition) is 0. The molecule has 21 heavy (non-hydrogen) atoms. The average Bonchev–Trinajstić information content (AvgIpc) is 2.48. The molecule has 1 aromatic heterocycles. The standard InChI is InChI=1S/C17H19FN2O/c1-13(17(21)15-5-3-4-6-16(15)18)11-20(2)12-14-7-9-19-10-8-14/h3-10,13H,11-12H2,1-2H3. The van der Waals surface area contributed by atoms with Crippen molar-refractivity contribution in [3.63, 3.8) is 0 Å². The maximum atomic E-state index is 13.6. The summed E-state index contributed by atoms with van der Waals surface area (Å²) >= 11 is 0. The van der Waals surface area contributed by atoms with Crippen LogP contribution in [-0.4, -0.2) is 29.3 Å². The molecule has 110 valence electrons. The van der Waals surface area contributed by atoms with Crippen LogP contribution in [0.25, 0.3) is 0 Å². The highest BCUT2D eigenvalue weighted by Crippen LogP contribution is 2.14. The van der Waals surface area contributed by atoms with Crippen molar-refractivity contribution in [2.24, 2.45) is 5.92 Å². The molecule has 0 spiro atoms. The summed E-state index contributed by atoms with van der Waals surface area (Å²) in [7, 11) is 1.95. The van der Waals surface area contributed by atoms with Crippen LogP contribution in [0.1, 0.15) is 22.8 Å². The maximum Gasteiger partial charge on any atom is 0.169 e. The van der Waals surface area contributed by atoms with Gasteiger partial charge >= 0.3 is 0 Å². The maximum absolute atomic E-state index is 13.6. The van der Waals surface area contributed by atoms with Gasteiger partial charge in [-0.25, -0.2) is 4.39 Å². The van der Waals surface area contributed by atoms with E-state index in [1.807, 2.05) is 26.1 Å². The second-order valence-electron chi connectivity index (χ2n) is 5.30. The molecule has 0 aliphatic rings. The van der Waals surface area contributed by atoms with Gasteiger partial charge in [0.2, 0.25) is 0 Å².